The van der Waals surface area contributed by atoms with Crippen LogP contribution in [0.5, 0.6) is 11.5 Å². The van der Waals surface area contributed by atoms with Crippen molar-refractivity contribution >= 4 is 23.2 Å². The zero-order valence-electron chi connectivity index (χ0n) is 13.0. The van der Waals surface area contributed by atoms with E-state index in [0.29, 0.717) is 27.5 Å². The lowest BCUT2D eigenvalue weighted by molar-refractivity contribution is 0.176. The predicted molar refractivity (Wildman–Crippen MR) is 91.8 cm³/mol. The average molecular weight is 365 g/mol. The van der Waals surface area contributed by atoms with Gasteiger partial charge in [0.1, 0.15) is 11.5 Å². The van der Waals surface area contributed by atoms with Gasteiger partial charge in [-0.1, -0.05) is 40.5 Å². The molecular weight excluding hydrogens is 351 g/mol. The van der Waals surface area contributed by atoms with Gasteiger partial charge < -0.3 is 14.0 Å². The Bertz CT molecular complexity index is 851. The van der Waals surface area contributed by atoms with Crippen LogP contribution in [0.2, 0.25) is 10.0 Å². The molecule has 24 heavy (non-hydrogen) atoms. The van der Waals surface area contributed by atoms with Crippen LogP contribution >= 0.6 is 23.2 Å². The molecule has 0 saturated carbocycles. The van der Waals surface area contributed by atoms with Gasteiger partial charge in [-0.2, -0.15) is 4.98 Å². The van der Waals surface area contributed by atoms with Gasteiger partial charge in [0.2, 0.25) is 5.82 Å². The molecule has 0 bridgehead atoms. The molecule has 0 saturated heterocycles. The quantitative estimate of drug-likeness (QED) is 0.623. The first kappa shape index (κ1) is 16.6. The molecule has 0 amide bonds. The summed E-state index contributed by atoms with van der Waals surface area (Å²) in [6, 6.07) is 12.4. The number of ether oxygens (including phenoxy) is 2. The molecule has 7 heteroatoms. The minimum atomic E-state index is -0.462. The maximum atomic E-state index is 6.11. The van der Waals surface area contributed by atoms with Crippen LogP contribution in [0.1, 0.15) is 18.9 Å². The molecule has 1 aromatic heterocycles. The summed E-state index contributed by atoms with van der Waals surface area (Å²) in [4.78, 5) is 4.37. The molecule has 0 aliphatic rings. The van der Waals surface area contributed by atoms with Crippen molar-refractivity contribution in [2.45, 2.75) is 13.0 Å². The monoisotopic (exact) mass is 364 g/mol. The Kier molecular flexibility index (Phi) is 4.92. The Morgan fingerprint density at radius 3 is 2.71 bits per heavy atom. The van der Waals surface area contributed by atoms with Crippen molar-refractivity contribution in [3.05, 3.63) is 58.4 Å². The van der Waals surface area contributed by atoms with E-state index < -0.39 is 6.10 Å². The molecule has 5 nitrogen and oxygen atoms in total. The lowest BCUT2D eigenvalue weighted by atomic mass is 10.2. The number of rotatable bonds is 5. The number of hydrogen-bond acceptors (Lipinski definition) is 5. The highest BCUT2D eigenvalue weighted by molar-refractivity contribution is 6.35. The minimum Gasteiger partial charge on any atom is -0.497 e. The Hall–Kier alpha value is -2.24. The molecule has 3 aromatic rings. The van der Waals surface area contributed by atoms with Gasteiger partial charge in [-0.3, -0.25) is 0 Å². The molecule has 0 aliphatic heterocycles. The van der Waals surface area contributed by atoms with Crippen LogP contribution in [0.3, 0.4) is 0 Å². The second-order valence-corrected chi connectivity index (χ2v) is 5.87. The normalized spacial score (nSPS) is 12.0. The lowest BCUT2D eigenvalue weighted by Gasteiger charge is -2.12. The van der Waals surface area contributed by atoms with E-state index in [1.54, 1.807) is 32.2 Å². The van der Waals surface area contributed by atoms with Gasteiger partial charge in [0.25, 0.3) is 5.89 Å². The van der Waals surface area contributed by atoms with Crippen molar-refractivity contribution < 1.29 is 14.0 Å². The summed E-state index contributed by atoms with van der Waals surface area (Å²) in [6.07, 6.45) is -0.462. The Labute approximate surface area is 149 Å². The van der Waals surface area contributed by atoms with Gasteiger partial charge in [-0.15, -0.1) is 0 Å². The largest absolute Gasteiger partial charge is 0.497 e. The van der Waals surface area contributed by atoms with Crippen LogP contribution in [0.15, 0.2) is 47.0 Å². The van der Waals surface area contributed by atoms with Crippen LogP contribution in [-0.2, 0) is 0 Å². The van der Waals surface area contributed by atoms with Crippen LogP contribution in [0.25, 0.3) is 11.4 Å². The molecule has 0 N–H and O–H groups in total. The molecule has 1 atom stereocenters. The molecular formula is C17H14Cl2N2O3. The van der Waals surface area contributed by atoms with Crippen LogP contribution in [0, 0.1) is 0 Å². The van der Waals surface area contributed by atoms with E-state index >= 15 is 0 Å². The van der Waals surface area contributed by atoms with E-state index in [-0.39, 0.29) is 0 Å². The zero-order valence-corrected chi connectivity index (χ0v) is 14.5. The molecule has 1 heterocycles. The zero-order chi connectivity index (χ0) is 17.1. The highest BCUT2D eigenvalue weighted by atomic mass is 35.5. The summed E-state index contributed by atoms with van der Waals surface area (Å²) >= 11 is 12.0. The van der Waals surface area contributed by atoms with Gasteiger partial charge in [0, 0.05) is 10.6 Å². The fourth-order valence-electron chi connectivity index (χ4n) is 2.09. The molecule has 124 valence electrons. The SMILES string of the molecule is COc1cccc(-c2noc([C@H](C)Oc3ccc(Cl)cc3Cl)n2)c1. The third-order valence-corrected chi connectivity index (χ3v) is 3.85. The van der Waals surface area contributed by atoms with E-state index in [0.717, 1.165) is 11.3 Å². The number of methoxy groups -OCH3 is 1. The Balaban J connectivity index is 1.79. The van der Waals surface area contributed by atoms with Crippen molar-refractivity contribution in [2.24, 2.45) is 0 Å². The molecule has 2 aromatic carbocycles. The van der Waals surface area contributed by atoms with Crippen molar-refractivity contribution in [2.75, 3.05) is 7.11 Å². The van der Waals surface area contributed by atoms with Crippen molar-refractivity contribution in [1.82, 2.24) is 10.1 Å². The lowest BCUT2D eigenvalue weighted by Crippen LogP contribution is -2.03. The van der Waals surface area contributed by atoms with Crippen LogP contribution in [0.4, 0.5) is 0 Å². The molecule has 3 rings (SSSR count). The van der Waals surface area contributed by atoms with Gasteiger partial charge in [-0.05, 0) is 37.3 Å². The Morgan fingerprint density at radius 2 is 1.96 bits per heavy atom. The number of hydrogen-bond donors (Lipinski definition) is 0. The molecule has 0 spiro atoms. The topological polar surface area (TPSA) is 57.4 Å². The summed E-state index contributed by atoms with van der Waals surface area (Å²) in [5, 5.41) is 4.94. The number of benzene rings is 2. The molecule has 0 fully saturated rings. The molecule has 0 unspecified atom stereocenters. The van der Waals surface area contributed by atoms with E-state index in [2.05, 4.69) is 10.1 Å². The standard InChI is InChI=1S/C17H14Cl2N2O3/c1-10(23-15-7-6-12(18)9-14(15)19)17-20-16(21-24-17)11-4-3-5-13(8-11)22-2/h3-10H,1-2H3/t10-/m0/s1. The van der Waals surface area contributed by atoms with Crippen molar-refractivity contribution in [3.63, 3.8) is 0 Å². The first-order valence-electron chi connectivity index (χ1n) is 7.16. The van der Waals surface area contributed by atoms with Crippen LogP contribution < -0.4 is 9.47 Å². The Morgan fingerprint density at radius 1 is 1.12 bits per heavy atom. The smallest absolute Gasteiger partial charge is 0.267 e. The van der Waals surface area contributed by atoms with Gasteiger partial charge in [0.15, 0.2) is 6.10 Å². The van der Waals surface area contributed by atoms with Gasteiger partial charge >= 0.3 is 0 Å². The highest BCUT2D eigenvalue weighted by Gasteiger charge is 2.18. The van der Waals surface area contributed by atoms with Crippen LogP contribution in [-0.4, -0.2) is 17.3 Å². The first-order chi connectivity index (χ1) is 11.6. The summed E-state index contributed by atoms with van der Waals surface area (Å²) in [5.41, 5.74) is 0.793. The van der Waals surface area contributed by atoms with E-state index in [1.807, 2.05) is 24.3 Å². The van der Waals surface area contributed by atoms with E-state index in [4.69, 9.17) is 37.2 Å². The fraction of sp³-hybridized carbons (Fsp3) is 0.176. The maximum Gasteiger partial charge on any atom is 0.267 e. The summed E-state index contributed by atoms with van der Waals surface area (Å²) in [6.45, 7) is 1.80. The number of halogens is 2. The number of nitrogens with zero attached hydrogens (tertiary/aromatic N) is 2. The number of aromatic nitrogens is 2. The van der Waals surface area contributed by atoms with Crippen molar-refractivity contribution in [1.29, 1.82) is 0 Å². The highest BCUT2D eigenvalue weighted by Crippen LogP contribution is 2.31. The second-order valence-electron chi connectivity index (χ2n) is 5.02. The minimum absolute atomic E-state index is 0.346. The summed E-state index contributed by atoms with van der Waals surface area (Å²) in [7, 11) is 1.60. The van der Waals surface area contributed by atoms with Gasteiger partial charge in [-0.25, -0.2) is 0 Å². The van der Waals surface area contributed by atoms with Gasteiger partial charge in [0.05, 0.1) is 12.1 Å². The average Bonchev–Trinajstić information content (AvgIpc) is 3.07. The van der Waals surface area contributed by atoms with Crippen molar-refractivity contribution in [3.8, 4) is 22.9 Å². The first-order valence-corrected chi connectivity index (χ1v) is 7.92. The third-order valence-electron chi connectivity index (χ3n) is 3.32. The molecule has 0 radical (unpaired) electrons. The maximum absolute atomic E-state index is 6.11. The van der Waals surface area contributed by atoms with E-state index in [1.165, 1.54) is 0 Å². The fourth-order valence-corrected chi connectivity index (χ4v) is 2.54. The summed E-state index contributed by atoms with van der Waals surface area (Å²) in [5.74, 6) is 2.02. The van der Waals surface area contributed by atoms with E-state index in [9.17, 15) is 0 Å². The predicted octanol–water partition coefficient (Wildman–Crippen LogP) is 5.19. The summed E-state index contributed by atoms with van der Waals surface area (Å²) < 4.78 is 16.3. The second kappa shape index (κ2) is 7.11. The third kappa shape index (κ3) is 3.63. The molecule has 0 aliphatic carbocycles.